The number of fused-ring (bicyclic) bond motifs is 2. The molecular weight excluding hydrogens is 282 g/mol. The van der Waals surface area contributed by atoms with Crippen LogP contribution in [0.2, 0.25) is 0 Å². The quantitative estimate of drug-likeness (QED) is 0.748. The third-order valence-corrected chi connectivity index (χ3v) is 4.44. The predicted molar refractivity (Wildman–Crippen MR) is 83.5 cm³/mol. The van der Waals surface area contributed by atoms with Crippen LogP contribution >= 0.6 is 0 Å². The van der Waals surface area contributed by atoms with Crippen LogP contribution in [0.15, 0.2) is 0 Å². The molecule has 0 aromatic carbocycles. The molecule has 0 radical (unpaired) electrons. The van der Waals surface area contributed by atoms with Crippen molar-refractivity contribution in [2.45, 2.75) is 83.9 Å². The second kappa shape index (κ2) is 6.88. The van der Waals surface area contributed by atoms with E-state index in [0.717, 1.165) is 32.1 Å². The van der Waals surface area contributed by atoms with E-state index in [9.17, 15) is 9.59 Å². The number of nitrogens with zero attached hydrogens (tertiary/aromatic N) is 1. The maximum absolute atomic E-state index is 12.5. The summed E-state index contributed by atoms with van der Waals surface area (Å²) in [6.45, 7) is 7.96. The number of esters is 1. The number of amides is 1. The van der Waals surface area contributed by atoms with E-state index in [0.29, 0.717) is 18.9 Å². The summed E-state index contributed by atoms with van der Waals surface area (Å²) < 4.78 is 10.6. The molecule has 2 atom stereocenters. The van der Waals surface area contributed by atoms with E-state index in [4.69, 9.17) is 9.47 Å². The Morgan fingerprint density at radius 3 is 2.23 bits per heavy atom. The number of carbonyl (C=O) groups is 2. The molecule has 0 N–H and O–H groups in total. The van der Waals surface area contributed by atoms with Crippen LogP contribution in [0.4, 0.5) is 4.79 Å². The Morgan fingerprint density at radius 1 is 1.14 bits per heavy atom. The molecule has 1 amide bonds. The van der Waals surface area contributed by atoms with Gasteiger partial charge in [-0.15, -0.1) is 0 Å². The molecule has 2 bridgehead atoms. The average molecular weight is 311 g/mol. The summed E-state index contributed by atoms with van der Waals surface area (Å²) in [6, 6.07) is 0.420. The van der Waals surface area contributed by atoms with Gasteiger partial charge in [0.05, 0.1) is 6.61 Å². The molecule has 2 rings (SSSR count). The van der Waals surface area contributed by atoms with Gasteiger partial charge in [-0.05, 0) is 65.7 Å². The molecule has 0 aromatic heterocycles. The molecule has 5 heteroatoms. The molecule has 2 aliphatic rings. The lowest BCUT2D eigenvalue weighted by molar-refractivity contribution is -0.145. The van der Waals surface area contributed by atoms with Crippen molar-refractivity contribution in [2.75, 3.05) is 6.61 Å². The standard InChI is InChI=1S/C17H29NO4/c1-5-21-15(19)11-12-9-13-7-6-8-14(10-12)18(13)16(20)22-17(2,3)4/h12-14H,5-11H2,1-4H3. The number of piperidine rings is 2. The lowest BCUT2D eigenvalue weighted by Gasteiger charge is -2.48. The monoisotopic (exact) mass is 311 g/mol. The molecule has 0 aliphatic carbocycles. The third kappa shape index (κ3) is 4.37. The highest BCUT2D eigenvalue weighted by Crippen LogP contribution is 2.39. The van der Waals surface area contributed by atoms with Gasteiger partial charge in [0.15, 0.2) is 0 Å². The molecule has 0 saturated carbocycles. The molecule has 2 unspecified atom stereocenters. The molecular formula is C17H29NO4. The number of rotatable bonds is 3. The SMILES string of the molecule is CCOC(=O)CC1CC2CCCC(C1)N2C(=O)OC(C)(C)C. The molecule has 2 heterocycles. The zero-order valence-corrected chi connectivity index (χ0v) is 14.3. The summed E-state index contributed by atoms with van der Waals surface area (Å²) in [7, 11) is 0. The van der Waals surface area contributed by atoms with Gasteiger partial charge in [-0.2, -0.15) is 0 Å². The van der Waals surface area contributed by atoms with E-state index in [1.807, 2.05) is 32.6 Å². The highest BCUT2D eigenvalue weighted by atomic mass is 16.6. The van der Waals surface area contributed by atoms with Crippen molar-refractivity contribution in [3.05, 3.63) is 0 Å². The summed E-state index contributed by atoms with van der Waals surface area (Å²) >= 11 is 0. The fraction of sp³-hybridized carbons (Fsp3) is 0.882. The van der Waals surface area contributed by atoms with Gasteiger partial charge in [-0.1, -0.05) is 0 Å². The van der Waals surface area contributed by atoms with E-state index in [1.54, 1.807) is 0 Å². The van der Waals surface area contributed by atoms with Crippen molar-refractivity contribution in [2.24, 2.45) is 5.92 Å². The summed E-state index contributed by atoms with van der Waals surface area (Å²) in [5.41, 5.74) is -0.465. The fourth-order valence-electron chi connectivity index (χ4n) is 3.73. The van der Waals surface area contributed by atoms with Crippen LogP contribution in [0.3, 0.4) is 0 Å². The van der Waals surface area contributed by atoms with Crippen LogP contribution in [-0.4, -0.2) is 41.3 Å². The average Bonchev–Trinajstić information content (AvgIpc) is 2.35. The maximum atomic E-state index is 12.5. The van der Waals surface area contributed by atoms with Gasteiger partial charge in [0.2, 0.25) is 0 Å². The zero-order valence-electron chi connectivity index (χ0n) is 14.3. The van der Waals surface area contributed by atoms with Crippen LogP contribution in [0.25, 0.3) is 0 Å². The minimum atomic E-state index is -0.465. The van der Waals surface area contributed by atoms with Crippen molar-refractivity contribution in [1.29, 1.82) is 0 Å². The molecule has 22 heavy (non-hydrogen) atoms. The minimum Gasteiger partial charge on any atom is -0.466 e. The Bertz CT molecular complexity index is 401. The molecule has 0 aromatic rings. The minimum absolute atomic E-state index is 0.115. The van der Waals surface area contributed by atoms with Gasteiger partial charge in [0, 0.05) is 18.5 Å². The van der Waals surface area contributed by atoms with Crippen molar-refractivity contribution in [3.63, 3.8) is 0 Å². The third-order valence-electron chi connectivity index (χ3n) is 4.44. The smallest absolute Gasteiger partial charge is 0.410 e. The van der Waals surface area contributed by atoms with Crippen LogP contribution in [0.1, 0.15) is 66.2 Å². The number of ether oxygens (including phenoxy) is 2. The van der Waals surface area contributed by atoms with Gasteiger partial charge < -0.3 is 14.4 Å². The van der Waals surface area contributed by atoms with Crippen LogP contribution < -0.4 is 0 Å². The summed E-state index contributed by atoms with van der Waals surface area (Å²) in [6.07, 6.45) is 5.22. The normalized spacial score (nSPS) is 28.2. The van der Waals surface area contributed by atoms with E-state index >= 15 is 0 Å². The van der Waals surface area contributed by atoms with E-state index in [2.05, 4.69) is 0 Å². The molecule has 2 fully saturated rings. The van der Waals surface area contributed by atoms with Gasteiger partial charge in [0.1, 0.15) is 5.60 Å². The molecule has 5 nitrogen and oxygen atoms in total. The Morgan fingerprint density at radius 2 is 1.73 bits per heavy atom. The summed E-state index contributed by atoms with van der Waals surface area (Å²) in [5.74, 6) is 0.212. The van der Waals surface area contributed by atoms with Gasteiger partial charge in [-0.25, -0.2) is 4.79 Å². The molecule has 0 spiro atoms. The summed E-state index contributed by atoms with van der Waals surface area (Å²) in [5, 5.41) is 0. The van der Waals surface area contributed by atoms with Crippen molar-refractivity contribution in [3.8, 4) is 0 Å². The van der Waals surface area contributed by atoms with Crippen molar-refractivity contribution >= 4 is 12.1 Å². The first-order valence-corrected chi connectivity index (χ1v) is 8.47. The number of hydrogen-bond donors (Lipinski definition) is 0. The Labute approximate surface area is 133 Å². The lowest BCUT2D eigenvalue weighted by Crippen LogP contribution is -2.56. The van der Waals surface area contributed by atoms with Gasteiger partial charge >= 0.3 is 12.1 Å². The predicted octanol–water partition coefficient (Wildman–Crippen LogP) is 3.51. The Balaban J connectivity index is 1.99. The van der Waals surface area contributed by atoms with E-state index in [-0.39, 0.29) is 24.1 Å². The van der Waals surface area contributed by atoms with Crippen molar-refractivity contribution < 1.29 is 19.1 Å². The number of carbonyl (C=O) groups excluding carboxylic acids is 2. The lowest BCUT2D eigenvalue weighted by atomic mass is 9.77. The first-order chi connectivity index (χ1) is 10.3. The van der Waals surface area contributed by atoms with E-state index < -0.39 is 5.60 Å². The zero-order chi connectivity index (χ0) is 16.3. The van der Waals surface area contributed by atoms with Crippen LogP contribution in [0, 0.1) is 5.92 Å². The first-order valence-electron chi connectivity index (χ1n) is 8.47. The second-order valence-corrected chi connectivity index (χ2v) is 7.47. The van der Waals surface area contributed by atoms with Crippen LogP contribution in [-0.2, 0) is 14.3 Å². The topological polar surface area (TPSA) is 55.8 Å². The summed E-state index contributed by atoms with van der Waals surface area (Å²) in [4.78, 5) is 26.1. The first kappa shape index (κ1) is 17.1. The van der Waals surface area contributed by atoms with E-state index in [1.165, 1.54) is 0 Å². The van der Waals surface area contributed by atoms with Crippen LogP contribution in [0.5, 0.6) is 0 Å². The largest absolute Gasteiger partial charge is 0.466 e. The Hall–Kier alpha value is -1.26. The Kier molecular flexibility index (Phi) is 5.35. The molecule has 2 saturated heterocycles. The highest BCUT2D eigenvalue weighted by molar-refractivity contribution is 5.71. The van der Waals surface area contributed by atoms with Gasteiger partial charge in [0.25, 0.3) is 0 Å². The molecule has 2 aliphatic heterocycles. The fourth-order valence-corrected chi connectivity index (χ4v) is 3.73. The highest BCUT2D eigenvalue weighted by Gasteiger charge is 2.42. The maximum Gasteiger partial charge on any atom is 0.410 e. The number of hydrogen-bond acceptors (Lipinski definition) is 4. The molecule has 126 valence electrons. The van der Waals surface area contributed by atoms with Gasteiger partial charge in [-0.3, -0.25) is 4.79 Å². The second-order valence-electron chi connectivity index (χ2n) is 7.47. The van der Waals surface area contributed by atoms with Crippen molar-refractivity contribution in [1.82, 2.24) is 4.90 Å².